The van der Waals surface area contributed by atoms with Gasteiger partial charge in [-0.2, -0.15) is 0 Å². The molecule has 0 heterocycles. The first kappa shape index (κ1) is 31.4. The van der Waals surface area contributed by atoms with Crippen LogP contribution in [-0.4, -0.2) is 56.9 Å². The standard InChI is InChI=1S/ClH.K.H2O.Ru.H/h1H;;1H2;;. The van der Waals surface area contributed by atoms with Gasteiger partial charge in [-0.15, -0.1) is 12.4 Å². The van der Waals surface area contributed by atoms with E-state index in [1.807, 2.05) is 0 Å². The maximum atomic E-state index is 0. The van der Waals surface area contributed by atoms with Crippen LogP contribution in [0, 0.1) is 0 Å². The van der Waals surface area contributed by atoms with Crippen molar-refractivity contribution < 1.29 is 25.0 Å². The van der Waals surface area contributed by atoms with Crippen molar-refractivity contribution in [2.24, 2.45) is 0 Å². The van der Waals surface area contributed by atoms with E-state index in [-0.39, 0.29) is 88.7 Å². The van der Waals surface area contributed by atoms with Gasteiger partial charge in [0.1, 0.15) is 0 Å². The predicted octanol–water partition coefficient (Wildman–Crippen LogP) is -1.05. The van der Waals surface area contributed by atoms with E-state index in [0.717, 1.165) is 0 Å². The Morgan fingerprint density at radius 3 is 1.00 bits per heavy atom. The molecule has 0 unspecified atom stereocenters. The third kappa shape index (κ3) is 8.82. The Kier molecular flexibility index (Phi) is 140. The summed E-state index contributed by atoms with van der Waals surface area (Å²) in [4.78, 5) is 0. The molecule has 0 saturated carbocycles. The second kappa shape index (κ2) is 17.8. The van der Waals surface area contributed by atoms with E-state index in [1.165, 1.54) is 0 Å². The molecule has 1 nitrogen and oxygen atoms in total. The summed E-state index contributed by atoms with van der Waals surface area (Å²) in [6.07, 6.45) is 0. The topological polar surface area (TPSA) is 31.5 Å². The van der Waals surface area contributed by atoms with Gasteiger partial charge in [-0.3, -0.25) is 0 Å². The van der Waals surface area contributed by atoms with Crippen LogP contribution in [0.2, 0.25) is 0 Å². The molecular weight excluding hydrogens is 192 g/mol. The van der Waals surface area contributed by atoms with Crippen molar-refractivity contribution >= 4 is 63.8 Å². The zero-order chi connectivity index (χ0) is 0. The number of hydrogen-bond donors (Lipinski definition) is 0. The zero-order valence-corrected chi connectivity index (χ0v) is 3.82. The normalized spacial score (nSPS) is 0. The summed E-state index contributed by atoms with van der Waals surface area (Å²) in [6.45, 7) is 0. The summed E-state index contributed by atoms with van der Waals surface area (Å²) in [5.41, 5.74) is 0. The molecule has 0 aliphatic heterocycles. The van der Waals surface area contributed by atoms with Crippen molar-refractivity contribution in [1.29, 1.82) is 0 Å². The van der Waals surface area contributed by atoms with Crippen LogP contribution in [0.25, 0.3) is 0 Å². The molecule has 0 aliphatic carbocycles. The first-order valence-corrected chi connectivity index (χ1v) is 0. The van der Waals surface area contributed by atoms with Gasteiger partial charge in [0.25, 0.3) is 0 Å². The van der Waals surface area contributed by atoms with Crippen LogP contribution in [0.15, 0.2) is 0 Å². The van der Waals surface area contributed by atoms with Crippen molar-refractivity contribution in [3.8, 4) is 0 Å². The third-order valence-electron chi connectivity index (χ3n) is 0. The van der Waals surface area contributed by atoms with Crippen molar-refractivity contribution in [1.82, 2.24) is 0 Å². The van der Waals surface area contributed by atoms with Gasteiger partial charge < -0.3 is 5.48 Å². The van der Waals surface area contributed by atoms with Gasteiger partial charge in [0, 0.05) is 19.5 Å². The molecule has 0 radical (unpaired) electrons. The van der Waals surface area contributed by atoms with Gasteiger partial charge in [0.05, 0.1) is 0 Å². The summed E-state index contributed by atoms with van der Waals surface area (Å²) in [5.74, 6) is 0. The van der Waals surface area contributed by atoms with Gasteiger partial charge >= 0.3 is 51.4 Å². The molecule has 2 N–H and O–H groups in total. The van der Waals surface area contributed by atoms with E-state index >= 15 is 0 Å². The van der Waals surface area contributed by atoms with Gasteiger partial charge in [-0.1, -0.05) is 0 Å². The fourth-order valence-corrected chi connectivity index (χ4v) is 0. The molecule has 0 spiro atoms. The van der Waals surface area contributed by atoms with Crippen LogP contribution in [0.3, 0.4) is 0 Å². The van der Waals surface area contributed by atoms with E-state index in [4.69, 9.17) is 0 Å². The van der Waals surface area contributed by atoms with Crippen LogP contribution >= 0.6 is 12.4 Å². The maximum absolute atomic E-state index is 0. The van der Waals surface area contributed by atoms with Crippen LogP contribution in [0.4, 0.5) is 0 Å². The third-order valence-corrected chi connectivity index (χ3v) is 0. The molecular formula is H4ClKORu. The largest absolute Gasteiger partial charge is 0 e. The van der Waals surface area contributed by atoms with E-state index in [2.05, 4.69) is 0 Å². The summed E-state index contributed by atoms with van der Waals surface area (Å²) in [5, 5.41) is 0. The quantitative estimate of drug-likeness (QED) is 0.442. The smallest absolute Gasteiger partial charge is 0 e. The SMILES string of the molecule is Cl.O.[KH].[Ru]. The van der Waals surface area contributed by atoms with E-state index < -0.39 is 0 Å². The Balaban J connectivity index is 0. The minimum Gasteiger partial charge on any atom is 0 e. The molecule has 0 fully saturated rings. The Morgan fingerprint density at radius 1 is 1.00 bits per heavy atom. The van der Waals surface area contributed by atoms with Gasteiger partial charge in [-0.25, -0.2) is 0 Å². The molecule has 0 amide bonds. The summed E-state index contributed by atoms with van der Waals surface area (Å²) in [7, 11) is 0. The Labute approximate surface area is 86.8 Å². The minimum atomic E-state index is 0. The Morgan fingerprint density at radius 2 is 1.00 bits per heavy atom. The molecule has 4 heavy (non-hydrogen) atoms. The molecule has 0 aromatic carbocycles. The minimum absolute atomic E-state index is 0. The van der Waals surface area contributed by atoms with Crippen LogP contribution in [0.5, 0.6) is 0 Å². The van der Waals surface area contributed by atoms with Gasteiger partial charge in [0.2, 0.25) is 0 Å². The van der Waals surface area contributed by atoms with E-state index in [9.17, 15) is 0 Å². The van der Waals surface area contributed by atoms with Crippen LogP contribution in [-0.2, 0) is 19.5 Å². The molecule has 0 bridgehead atoms. The summed E-state index contributed by atoms with van der Waals surface area (Å²) in [6, 6.07) is 0. The molecule has 0 atom stereocenters. The zero-order valence-electron chi connectivity index (χ0n) is 1.26. The molecule has 4 heteroatoms. The van der Waals surface area contributed by atoms with Crippen LogP contribution in [0.1, 0.15) is 0 Å². The maximum Gasteiger partial charge on any atom is 0 e. The Hall–Kier alpha value is 2.51. The Bertz CT molecular complexity index is 8.00. The first-order valence-electron chi connectivity index (χ1n) is 0. The van der Waals surface area contributed by atoms with E-state index in [0.29, 0.717) is 0 Å². The molecule has 26 valence electrons. The average molecular weight is 196 g/mol. The average Bonchev–Trinajstić information content (AvgIpc) is 0. The molecule has 0 saturated heterocycles. The van der Waals surface area contributed by atoms with Crippen molar-refractivity contribution in [3.63, 3.8) is 0 Å². The first-order chi connectivity index (χ1) is 0. The predicted molar refractivity (Wildman–Crippen MR) is 18.0 cm³/mol. The van der Waals surface area contributed by atoms with Gasteiger partial charge in [0.15, 0.2) is 0 Å². The fourth-order valence-electron chi connectivity index (χ4n) is 0. The number of halogens is 1. The second-order valence-corrected chi connectivity index (χ2v) is 0. The van der Waals surface area contributed by atoms with E-state index in [1.54, 1.807) is 0 Å². The van der Waals surface area contributed by atoms with Crippen molar-refractivity contribution in [2.75, 3.05) is 0 Å². The fraction of sp³-hybridized carbons (Fsp3) is 0. The van der Waals surface area contributed by atoms with Crippen molar-refractivity contribution in [2.45, 2.75) is 0 Å². The van der Waals surface area contributed by atoms with Gasteiger partial charge in [-0.05, 0) is 0 Å². The molecule has 0 aliphatic rings. The monoisotopic (exact) mass is 196 g/mol. The van der Waals surface area contributed by atoms with Crippen molar-refractivity contribution in [3.05, 3.63) is 0 Å². The summed E-state index contributed by atoms with van der Waals surface area (Å²) < 4.78 is 0. The summed E-state index contributed by atoms with van der Waals surface area (Å²) >= 11 is 0. The molecule has 0 rings (SSSR count). The van der Waals surface area contributed by atoms with Crippen LogP contribution < -0.4 is 0 Å². The number of hydrogen-bond acceptors (Lipinski definition) is 0. The molecule has 0 aromatic rings. The molecule has 0 aromatic heterocycles. The second-order valence-electron chi connectivity index (χ2n) is 0. The number of rotatable bonds is 0.